The molecule has 6 atom stereocenters. The normalized spacial score (nSPS) is 28.5. The topological polar surface area (TPSA) is 192 Å². The van der Waals surface area contributed by atoms with Crippen molar-refractivity contribution < 1.29 is 46.6 Å². The Morgan fingerprint density at radius 1 is 0.982 bits per heavy atom. The van der Waals surface area contributed by atoms with Gasteiger partial charge in [-0.1, -0.05) is 43.2 Å². The molecule has 306 valence electrons. The van der Waals surface area contributed by atoms with Crippen LogP contribution in [0, 0.1) is 23.6 Å². The number of hydrogen-bond acceptors (Lipinski definition) is 9. The minimum Gasteiger partial charge on any atom is -0.505 e. The van der Waals surface area contributed by atoms with E-state index in [0.717, 1.165) is 12.8 Å². The first-order valence-electron chi connectivity index (χ1n) is 19.7. The number of benzene rings is 2. The first-order chi connectivity index (χ1) is 27.0. The summed E-state index contributed by atoms with van der Waals surface area (Å²) in [6, 6.07) is 8.43. The number of rotatable bonds is 6. The van der Waals surface area contributed by atoms with Gasteiger partial charge in [-0.05, 0) is 94.7 Å². The van der Waals surface area contributed by atoms with Crippen LogP contribution in [0.2, 0.25) is 0 Å². The highest BCUT2D eigenvalue weighted by molar-refractivity contribution is 7.91. The molecule has 14 nitrogen and oxygen atoms in total. The minimum atomic E-state index is -3.94. The molecule has 2 saturated carbocycles. The van der Waals surface area contributed by atoms with Crippen LogP contribution in [-0.4, -0.2) is 101 Å². The van der Waals surface area contributed by atoms with Gasteiger partial charge in [0.2, 0.25) is 21.8 Å². The highest BCUT2D eigenvalue weighted by atomic mass is 32.2. The lowest BCUT2D eigenvalue weighted by molar-refractivity contribution is -0.142. The summed E-state index contributed by atoms with van der Waals surface area (Å²) in [5.74, 6) is -4.97. The molecule has 57 heavy (non-hydrogen) atoms. The quantitative estimate of drug-likeness (QED) is 0.313. The molecule has 7 rings (SSSR count). The zero-order chi connectivity index (χ0) is 40.9. The standard InChI is InChI=1S/C41H50FN5O9S/c1-40(2,3)56-39(53)43-32-13-8-6-4-5-7-12-28-20-41(28,38(52)45-57(54,55)29-15-16-29)44-35(49)34-30-23-46(21-27(30)22-47(34)37(32)51)36(50)26-11-9-10-24(18-26)25-14-17-33(48)31(42)19-25/h7,9-12,14,17-19,27-30,32,34,48H,4-6,8,13,15-16,20-23H2,1-3H3,(H,43,53)(H,44,49)(H,45,52)/b12-7-/t27-,28-,30-,32-,34-,41+/m0/s1. The fraction of sp³-hybridized carbons (Fsp3) is 0.537. The smallest absolute Gasteiger partial charge is 0.408 e. The van der Waals surface area contributed by atoms with Gasteiger partial charge in [0.15, 0.2) is 11.6 Å². The molecule has 0 spiro atoms. The summed E-state index contributed by atoms with van der Waals surface area (Å²) in [6.45, 7) is 5.52. The Labute approximate surface area is 331 Å². The van der Waals surface area contributed by atoms with Crippen molar-refractivity contribution in [3.8, 4) is 16.9 Å². The van der Waals surface area contributed by atoms with Crippen LogP contribution in [0.15, 0.2) is 54.6 Å². The molecule has 0 radical (unpaired) electrons. The second kappa shape index (κ2) is 15.4. The number of nitrogens with zero attached hydrogens (tertiary/aromatic N) is 2. The maximum atomic E-state index is 14.7. The highest BCUT2D eigenvalue weighted by Crippen LogP contribution is 2.47. The van der Waals surface area contributed by atoms with Gasteiger partial charge in [0.05, 0.1) is 5.25 Å². The monoisotopic (exact) mass is 807 g/mol. The van der Waals surface area contributed by atoms with E-state index >= 15 is 0 Å². The number of nitrogens with one attached hydrogen (secondary N) is 3. The van der Waals surface area contributed by atoms with Crippen LogP contribution in [0.5, 0.6) is 5.75 Å². The fourth-order valence-corrected chi connectivity index (χ4v) is 9.75. The van der Waals surface area contributed by atoms with Gasteiger partial charge in [-0.25, -0.2) is 17.6 Å². The van der Waals surface area contributed by atoms with Crippen LogP contribution in [0.3, 0.4) is 0 Å². The zero-order valence-corrected chi connectivity index (χ0v) is 33.1. The van der Waals surface area contributed by atoms with Crippen LogP contribution in [0.4, 0.5) is 9.18 Å². The van der Waals surface area contributed by atoms with Crippen LogP contribution in [-0.2, 0) is 29.1 Å². The van der Waals surface area contributed by atoms with E-state index in [1.807, 2.05) is 12.2 Å². The average molecular weight is 808 g/mol. The lowest BCUT2D eigenvalue weighted by Gasteiger charge is -2.33. The molecule has 3 heterocycles. The number of amides is 5. The molecule has 0 aromatic heterocycles. The van der Waals surface area contributed by atoms with E-state index in [4.69, 9.17) is 4.74 Å². The number of carbonyl (C=O) groups excluding carboxylic acids is 5. The van der Waals surface area contributed by atoms with Gasteiger partial charge >= 0.3 is 6.09 Å². The van der Waals surface area contributed by atoms with Gasteiger partial charge in [0, 0.05) is 43.0 Å². The largest absolute Gasteiger partial charge is 0.505 e. The Kier molecular flexibility index (Phi) is 10.9. The summed E-state index contributed by atoms with van der Waals surface area (Å²) in [6.07, 6.45) is 7.13. The third-order valence-corrected chi connectivity index (χ3v) is 13.4. The predicted octanol–water partition coefficient (Wildman–Crippen LogP) is 3.99. The number of ether oxygens (including phenoxy) is 1. The van der Waals surface area contributed by atoms with Crippen molar-refractivity contribution >= 4 is 39.7 Å². The number of phenolic OH excluding ortho intramolecular Hbond substituents is 1. The Morgan fingerprint density at radius 2 is 1.74 bits per heavy atom. The van der Waals surface area contributed by atoms with Crippen LogP contribution in [0.25, 0.3) is 11.1 Å². The van der Waals surface area contributed by atoms with Crippen molar-refractivity contribution in [2.75, 3.05) is 19.6 Å². The van der Waals surface area contributed by atoms with E-state index < -0.39 is 85.7 Å². The Balaban J connectivity index is 1.18. The molecule has 5 amide bonds. The van der Waals surface area contributed by atoms with E-state index in [2.05, 4.69) is 15.4 Å². The summed E-state index contributed by atoms with van der Waals surface area (Å²) in [5, 5.41) is 14.6. The van der Waals surface area contributed by atoms with Crippen LogP contribution < -0.4 is 15.4 Å². The number of phenols is 1. The molecule has 2 aromatic carbocycles. The number of allylic oxidation sites excluding steroid dienone is 1. The van der Waals surface area contributed by atoms with Gasteiger partial charge in [-0.2, -0.15) is 0 Å². The Morgan fingerprint density at radius 3 is 2.46 bits per heavy atom. The summed E-state index contributed by atoms with van der Waals surface area (Å²) in [4.78, 5) is 73.1. The van der Waals surface area contributed by atoms with E-state index in [1.165, 1.54) is 17.0 Å². The molecule has 2 aromatic rings. The van der Waals surface area contributed by atoms with Crippen molar-refractivity contribution in [1.29, 1.82) is 0 Å². The molecule has 3 aliphatic heterocycles. The lowest BCUT2D eigenvalue weighted by Crippen LogP contribution is -2.60. The van der Waals surface area contributed by atoms with Crippen LogP contribution in [0.1, 0.15) is 82.5 Å². The molecule has 5 aliphatic rings. The number of sulfonamides is 1. The predicted molar refractivity (Wildman–Crippen MR) is 206 cm³/mol. The summed E-state index contributed by atoms with van der Waals surface area (Å²) >= 11 is 0. The van der Waals surface area contributed by atoms with Crippen molar-refractivity contribution in [2.45, 2.75) is 101 Å². The summed E-state index contributed by atoms with van der Waals surface area (Å²) < 4.78 is 47.7. The molecule has 0 bridgehead atoms. The van der Waals surface area contributed by atoms with Gasteiger partial charge in [-0.3, -0.25) is 23.9 Å². The lowest BCUT2D eigenvalue weighted by atomic mass is 9.93. The van der Waals surface area contributed by atoms with Crippen molar-refractivity contribution in [3.63, 3.8) is 0 Å². The average Bonchev–Trinajstić information content (AvgIpc) is 4.04. The van der Waals surface area contributed by atoms with Crippen molar-refractivity contribution in [1.82, 2.24) is 25.2 Å². The number of aromatic hydroxyl groups is 1. The summed E-state index contributed by atoms with van der Waals surface area (Å²) in [5.41, 5.74) is -1.04. The third kappa shape index (κ3) is 8.65. The van der Waals surface area contributed by atoms with E-state index in [1.54, 1.807) is 56.0 Å². The molecule has 2 aliphatic carbocycles. The maximum Gasteiger partial charge on any atom is 0.408 e. The maximum absolute atomic E-state index is 14.7. The molecule has 2 saturated heterocycles. The second-order valence-electron chi connectivity index (χ2n) is 17.0. The number of halogens is 1. The SMILES string of the molecule is CC(C)(C)OC(=O)N[C@H]1CCCCC/C=C\[C@H]2C[C@@]2(C(=O)NS(=O)(=O)C2CC2)NC(=O)[C@@H]2[C@H]3CN(C(=O)c4cccc(-c5ccc(O)c(F)c5)c4)C[C@H]3CN2C1=O. The van der Waals surface area contributed by atoms with Crippen molar-refractivity contribution in [3.05, 3.63) is 66.0 Å². The molecular weight excluding hydrogens is 758 g/mol. The number of carbonyl (C=O) groups is 5. The first kappa shape index (κ1) is 40.2. The molecule has 4 fully saturated rings. The Hall–Kier alpha value is -4.99. The van der Waals surface area contributed by atoms with Crippen LogP contribution >= 0.6 is 0 Å². The molecule has 4 N–H and O–H groups in total. The summed E-state index contributed by atoms with van der Waals surface area (Å²) in [7, 11) is -3.94. The van der Waals surface area contributed by atoms with Gasteiger partial charge in [0.25, 0.3) is 11.8 Å². The minimum absolute atomic E-state index is 0.0866. The Bertz CT molecular complexity index is 2100. The van der Waals surface area contributed by atoms with Gasteiger partial charge in [-0.15, -0.1) is 0 Å². The van der Waals surface area contributed by atoms with E-state index in [0.29, 0.717) is 48.8 Å². The third-order valence-electron chi connectivity index (χ3n) is 11.6. The second-order valence-corrected chi connectivity index (χ2v) is 19.0. The van der Waals surface area contributed by atoms with Crippen molar-refractivity contribution in [2.24, 2.45) is 17.8 Å². The molecule has 16 heteroatoms. The number of fused-ring (bicyclic) bond motifs is 4. The van der Waals surface area contributed by atoms with Gasteiger partial charge in [0.1, 0.15) is 23.2 Å². The highest BCUT2D eigenvalue weighted by Gasteiger charge is 2.63. The molecule has 0 unspecified atom stereocenters. The van der Waals surface area contributed by atoms with Gasteiger partial charge < -0.3 is 30.3 Å². The van der Waals surface area contributed by atoms with E-state index in [-0.39, 0.29) is 37.9 Å². The zero-order valence-electron chi connectivity index (χ0n) is 32.3. The number of hydrogen-bond donors (Lipinski definition) is 4. The fourth-order valence-electron chi connectivity index (χ4n) is 8.39. The van der Waals surface area contributed by atoms with E-state index in [9.17, 15) is 41.9 Å². The molecular formula is C41H50FN5O9S. The number of alkyl carbamates (subject to hydrolysis) is 1. The number of likely N-dealkylation sites (tertiary alicyclic amines) is 1. The first-order valence-corrected chi connectivity index (χ1v) is 21.2.